The van der Waals surface area contributed by atoms with Crippen LogP contribution in [-0.2, 0) is 12.8 Å². The van der Waals surface area contributed by atoms with E-state index in [1.54, 1.807) is 0 Å². The standard InChI is InChI=1S/C70H54N2/c1-3-4-5-10-23-49-41-55(50-24-11-6-12-25-50)44-58(42-49)68-61-32-19-20-33-62(61)69(59-45-56(51-26-13-7-14-27-51)43-57(46-59)52-28-15-8-16-29-52)64-40-48(2)63(47-65(64)68)53-36-38-54(39-37-53)70-71-66-34-21-22-35-67(66)72(70)60-30-17-9-18-31-60/h3-22,24-39,41-48H,23,40H2,1-2H3/b4-3-,10-5-. The predicted octanol–water partition coefficient (Wildman–Crippen LogP) is 18.6. The van der Waals surface area contributed by atoms with Crippen LogP contribution in [0.3, 0.4) is 0 Å². The number of allylic oxidation sites excluding steroid dienone is 5. The first kappa shape index (κ1) is 44.4. The predicted molar refractivity (Wildman–Crippen MR) is 306 cm³/mol. The highest BCUT2D eigenvalue weighted by Gasteiger charge is 2.28. The van der Waals surface area contributed by atoms with Crippen LogP contribution in [0.5, 0.6) is 0 Å². The zero-order valence-electron chi connectivity index (χ0n) is 40.7. The fraction of sp³-hybridized carbons (Fsp3) is 0.0714. The maximum Gasteiger partial charge on any atom is 0.145 e. The van der Waals surface area contributed by atoms with Gasteiger partial charge in [-0.3, -0.25) is 4.57 Å². The molecule has 10 aromatic carbocycles. The molecule has 0 aliphatic heterocycles. The second kappa shape index (κ2) is 19.5. The van der Waals surface area contributed by atoms with Crippen molar-refractivity contribution in [2.45, 2.75) is 26.7 Å². The third-order valence-electron chi connectivity index (χ3n) is 14.4. The molecule has 1 unspecified atom stereocenters. The van der Waals surface area contributed by atoms with Crippen molar-refractivity contribution >= 4 is 33.5 Å². The van der Waals surface area contributed by atoms with E-state index in [2.05, 4.69) is 279 Å². The Labute approximate surface area is 423 Å². The summed E-state index contributed by atoms with van der Waals surface area (Å²) in [6.45, 7) is 4.48. The Kier molecular flexibility index (Phi) is 12.0. The van der Waals surface area contributed by atoms with E-state index in [-0.39, 0.29) is 5.92 Å². The van der Waals surface area contributed by atoms with Crippen molar-refractivity contribution in [2.24, 2.45) is 5.92 Å². The first-order chi connectivity index (χ1) is 35.6. The van der Waals surface area contributed by atoms with E-state index in [1.807, 2.05) is 0 Å². The normalized spacial score (nSPS) is 13.5. The Bertz CT molecular complexity index is 3780. The summed E-state index contributed by atoms with van der Waals surface area (Å²) in [6, 6.07) is 84.4. The largest absolute Gasteiger partial charge is 0.292 e. The minimum atomic E-state index is 0.235. The lowest BCUT2D eigenvalue weighted by Gasteiger charge is -2.30. The number of para-hydroxylation sites is 3. The summed E-state index contributed by atoms with van der Waals surface area (Å²) < 4.78 is 2.28. The molecule has 2 heteroatoms. The Morgan fingerprint density at radius 1 is 0.472 bits per heavy atom. The third-order valence-corrected chi connectivity index (χ3v) is 14.4. The topological polar surface area (TPSA) is 17.8 Å². The molecule has 0 N–H and O–H groups in total. The monoisotopic (exact) mass is 922 g/mol. The number of benzene rings is 10. The molecule has 72 heavy (non-hydrogen) atoms. The number of aromatic nitrogens is 2. The summed E-state index contributed by atoms with van der Waals surface area (Å²) >= 11 is 0. The molecule has 1 aliphatic rings. The summed E-state index contributed by atoms with van der Waals surface area (Å²) in [4.78, 5) is 5.21. The molecule has 1 heterocycles. The Morgan fingerprint density at radius 3 is 1.60 bits per heavy atom. The second-order valence-corrected chi connectivity index (χ2v) is 19.0. The smallest absolute Gasteiger partial charge is 0.145 e. The third kappa shape index (κ3) is 8.52. The Balaban J connectivity index is 1.10. The average Bonchev–Trinajstić information content (AvgIpc) is 3.84. The summed E-state index contributed by atoms with van der Waals surface area (Å²) in [5.74, 6) is 1.17. The average molecular weight is 923 g/mol. The summed E-state index contributed by atoms with van der Waals surface area (Å²) in [6.07, 6.45) is 12.9. The number of imidazole rings is 1. The van der Waals surface area contributed by atoms with Gasteiger partial charge in [-0.25, -0.2) is 4.98 Å². The van der Waals surface area contributed by atoms with Crippen molar-refractivity contribution in [3.05, 3.63) is 277 Å². The lowest BCUT2D eigenvalue weighted by Crippen LogP contribution is -2.12. The van der Waals surface area contributed by atoms with Crippen LogP contribution in [-0.4, -0.2) is 9.55 Å². The van der Waals surface area contributed by atoms with Crippen molar-refractivity contribution in [1.29, 1.82) is 0 Å². The molecule has 1 aromatic heterocycles. The SMILES string of the molecule is C/C=C\C=C/Cc1cc(-c2ccccc2)cc(-c2c3c(c(-c4cc(-c5ccccc5)cc(-c5ccccc5)c4)c4ccccc24)CC(C)C(c2ccc(-c4nc5ccccc5n4-c4ccccc4)cc2)=C3)c1. The molecule has 0 saturated heterocycles. The van der Waals surface area contributed by atoms with Gasteiger partial charge in [-0.2, -0.15) is 0 Å². The lowest BCUT2D eigenvalue weighted by molar-refractivity contribution is 0.739. The van der Waals surface area contributed by atoms with Crippen LogP contribution in [0.2, 0.25) is 0 Å². The van der Waals surface area contributed by atoms with Crippen LogP contribution < -0.4 is 0 Å². The zero-order valence-corrected chi connectivity index (χ0v) is 40.7. The molecular formula is C70H54N2. The molecular weight excluding hydrogens is 869 g/mol. The number of hydrogen-bond donors (Lipinski definition) is 0. The first-order valence-corrected chi connectivity index (χ1v) is 25.2. The molecule has 12 rings (SSSR count). The number of hydrogen-bond acceptors (Lipinski definition) is 1. The van der Waals surface area contributed by atoms with Crippen LogP contribution in [0.25, 0.3) is 106 Å². The molecule has 0 saturated carbocycles. The molecule has 11 aromatic rings. The van der Waals surface area contributed by atoms with Crippen LogP contribution in [0.1, 0.15) is 36.1 Å². The molecule has 0 radical (unpaired) electrons. The number of nitrogens with zero attached hydrogens (tertiary/aromatic N) is 2. The van der Waals surface area contributed by atoms with E-state index in [4.69, 9.17) is 4.98 Å². The number of fused-ring (bicyclic) bond motifs is 3. The lowest BCUT2D eigenvalue weighted by atomic mass is 9.73. The molecule has 344 valence electrons. The van der Waals surface area contributed by atoms with Gasteiger partial charge in [-0.1, -0.05) is 213 Å². The van der Waals surface area contributed by atoms with Gasteiger partial charge in [-0.05, 0) is 175 Å². The fourth-order valence-corrected chi connectivity index (χ4v) is 11.0. The minimum Gasteiger partial charge on any atom is -0.292 e. The van der Waals surface area contributed by atoms with Gasteiger partial charge in [0.25, 0.3) is 0 Å². The molecule has 1 atom stereocenters. The maximum absolute atomic E-state index is 5.21. The highest BCUT2D eigenvalue weighted by molar-refractivity contribution is 6.12. The van der Waals surface area contributed by atoms with E-state index in [1.165, 1.54) is 94.2 Å². The van der Waals surface area contributed by atoms with Crippen LogP contribution in [0, 0.1) is 5.92 Å². The molecule has 0 bridgehead atoms. The van der Waals surface area contributed by atoms with Gasteiger partial charge in [0.1, 0.15) is 5.82 Å². The van der Waals surface area contributed by atoms with Gasteiger partial charge in [-0.15, -0.1) is 0 Å². The first-order valence-electron chi connectivity index (χ1n) is 25.2. The second-order valence-electron chi connectivity index (χ2n) is 19.0. The van der Waals surface area contributed by atoms with Crippen LogP contribution in [0.15, 0.2) is 255 Å². The van der Waals surface area contributed by atoms with Crippen LogP contribution in [0.4, 0.5) is 0 Å². The van der Waals surface area contributed by atoms with Crippen molar-refractivity contribution < 1.29 is 0 Å². The van der Waals surface area contributed by atoms with Gasteiger partial charge < -0.3 is 0 Å². The van der Waals surface area contributed by atoms with E-state index >= 15 is 0 Å². The summed E-state index contributed by atoms with van der Waals surface area (Å²) in [5, 5.41) is 2.52. The summed E-state index contributed by atoms with van der Waals surface area (Å²) in [5.41, 5.74) is 23.1. The Morgan fingerprint density at radius 2 is 0.972 bits per heavy atom. The molecule has 1 aliphatic carbocycles. The van der Waals surface area contributed by atoms with Crippen molar-refractivity contribution in [1.82, 2.24) is 9.55 Å². The van der Waals surface area contributed by atoms with Crippen LogP contribution >= 0.6 is 0 Å². The fourth-order valence-electron chi connectivity index (χ4n) is 11.0. The maximum atomic E-state index is 5.21. The highest BCUT2D eigenvalue weighted by Crippen LogP contribution is 2.50. The molecule has 0 spiro atoms. The summed E-state index contributed by atoms with van der Waals surface area (Å²) in [7, 11) is 0. The van der Waals surface area contributed by atoms with Gasteiger partial charge in [0.05, 0.1) is 11.0 Å². The Hall–Kier alpha value is -8.85. The van der Waals surface area contributed by atoms with Gasteiger partial charge in [0.2, 0.25) is 0 Å². The van der Waals surface area contributed by atoms with E-state index < -0.39 is 0 Å². The number of rotatable bonds is 11. The van der Waals surface area contributed by atoms with Gasteiger partial charge >= 0.3 is 0 Å². The van der Waals surface area contributed by atoms with Crippen molar-refractivity contribution in [3.8, 4) is 72.7 Å². The zero-order chi connectivity index (χ0) is 48.4. The van der Waals surface area contributed by atoms with E-state index in [9.17, 15) is 0 Å². The molecule has 2 nitrogen and oxygen atoms in total. The van der Waals surface area contributed by atoms with Crippen molar-refractivity contribution in [2.75, 3.05) is 0 Å². The van der Waals surface area contributed by atoms with Crippen molar-refractivity contribution in [3.63, 3.8) is 0 Å². The van der Waals surface area contributed by atoms with E-state index in [0.29, 0.717) is 0 Å². The quantitative estimate of drug-likeness (QED) is 0.118. The molecule has 0 amide bonds. The van der Waals surface area contributed by atoms with Gasteiger partial charge in [0, 0.05) is 11.3 Å². The van der Waals surface area contributed by atoms with E-state index in [0.717, 1.165) is 41.0 Å². The highest BCUT2D eigenvalue weighted by atomic mass is 15.1. The molecule has 0 fully saturated rings. The van der Waals surface area contributed by atoms with Gasteiger partial charge in [0.15, 0.2) is 0 Å². The minimum absolute atomic E-state index is 0.235.